The van der Waals surface area contributed by atoms with Crippen LogP contribution >= 0.6 is 0 Å². The van der Waals surface area contributed by atoms with Crippen molar-refractivity contribution in [3.05, 3.63) is 84.1 Å². The standard InChI is InChI=1S/C27H34N7O/c1-30(2)25-9-5-23(6-10-25)21-28-33-15-16-34(27(33)13-14-32-17-19-35-20-18-32)29-22-24-7-11-26(12-8-24)31(3)4/h5-16,21-22H,17-20H2,1-4H3/q+1/b28-21+,29-22+. The monoisotopic (exact) mass is 472 g/mol. The molecule has 35 heavy (non-hydrogen) atoms. The Kier molecular flexibility index (Phi) is 7.95. The Labute approximate surface area is 207 Å². The lowest BCUT2D eigenvalue weighted by Gasteiger charge is -2.24. The number of hydrogen-bond donors (Lipinski definition) is 0. The zero-order valence-corrected chi connectivity index (χ0v) is 21.0. The van der Waals surface area contributed by atoms with Gasteiger partial charge in [-0.25, -0.2) is 0 Å². The molecule has 0 atom stereocenters. The van der Waals surface area contributed by atoms with E-state index in [0.717, 1.165) is 54.6 Å². The summed E-state index contributed by atoms with van der Waals surface area (Å²) in [5, 5.41) is 9.41. The summed E-state index contributed by atoms with van der Waals surface area (Å²) in [6.45, 7) is 3.24. The first-order valence-electron chi connectivity index (χ1n) is 11.8. The summed E-state index contributed by atoms with van der Waals surface area (Å²) in [6, 6.07) is 16.6. The number of rotatable bonds is 8. The Balaban J connectivity index is 1.58. The van der Waals surface area contributed by atoms with Crippen molar-refractivity contribution in [1.29, 1.82) is 0 Å². The van der Waals surface area contributed by atoms with Gasteiger partial charge in [0.05, 0.1) is 25.6 Å². The van der Waals surface area contributed by atoms with Crippen LogP contribution in [0.3, 0.4) is 0 Å². The van der Waals surface area contributed by atoms with Crippen LogP contribution in [-0.2, 0) is 4.74 Å². The lowest BCUT2D eigenvalue weighted by molar-refractivity contribution is -0.679. The normalized spacial score (nSPS) is 14.5. The Bertz CT molecular complexity index is 1090. The van der Waals surface area contributed by atoms with Crippen LogP contribution in [0.1, 0.15) is 17.0 Å². The van der Waals surface area contributed by atoms with E-state index < -0.39 is 0 Å². The number of aromatic nitrogens is 2. The molecular weight excluding hydrogens is 438 g/mol. The maximum Gasteiger partial charge on any atom is 0.334 e. The van der Waals surface area contributed by atoms with Crippen molar-refractivity contribution in [2.24, 2.45) is 10.2 Å². The lowest BCUT2D eigenvalue weighted by Crippen LogP contribution is -2.33. The Morgan fingerprint density at radius 3 is 1.97 bits per heavy atom. The fraction of sp³-hybridized carbons (Fsp3) is 0.296. The van der Waals surface area contributed by atoms with Crippen LogP contribution in [0.4, 0.5) is 11.4 Å². The number of hydrogen-bond acceptors (Lipinski definition) is 6. The minimum Gasteiger partial charge on any atom is -0.378 e. The Morgan fingerprint density at radius 2 is 1.40 bits per heavy atom. The van der Waals surface area contributed by atoms with Gasteiger partial charge in [-0.2, -0.15) is 0 Å². The number of nitrogens with zero attached hydrogens (tertiary/aromatic N) is 7. The van der Waals surface area contributed by atoms with Crippen molar-refractivity contribution in [1.82, 2.24) is 9.58 Å². The summed E-state index contributed by atoms with van der Waals surface area (Å²) in [7, 11) is 8.13. The van der Waals surface area contributed by atoms with E-state index in [1.165, 1.54) is 0 Å². The SMILES string of the molecule is CN(C)c1ccc(/C=N/n2cc[n+](/N=C/c3ccc(N(C)C)cc3)c2/C=C/N2CCOCC2)cc1. The molecule has 0 aliphatic carbocycles. The van der Waals surface area contributed by atoms with Crippen molar-refractivity contribution >= 4 is 29.9 Å². The highest BCUT2D eigenvalue weighted by atomic mass is 16.5. The van der Waals surface area contributed by atoms with Crippen LogP contribution in [0.5, 0.6) is 0 Å². The molecule has 8 heteroatoms. The summed E-state index contributed by atoms with van der Waals surface area (Å²) in [6.07, 6.45) is 11.7. The Hall–Kier alpha value is -3.91. The predicted octanol–water partition coefficient (Wildman–Crippen LogP) is 2.97. The van der Waals surface area contributed by atoms with E-state index >= 15 is 0 Å². The van der Waals surface area contributed by atoms with Gasteiger partial charge in [0.1, 0.15) is 0 Å². The highest BCUT2D eigenvalue weighted by Crippen LogP contribution is 2.12. The molecule has 0 saturated carbocycles. The molecule has 8 nitrogen and oxygen atoms in total. The smallest absolute Gasteiger partial charge is 0.334 e. The Morgan fingerprint density at radius 1 is 0.829 bits per heavy atom. The van der Waals surface area contributed by atoms with Crippen LogP contribution in [0.15, 0.2) is 77.3 Å². The third kappa shape index (κ3) is 6.58. The fourth-order valence-corrected chi connectivity index (χ4v) is 3.61. The molecule has 2 heterocycles. The average molecular weight is 473 g/mol. The van der Waals surface area contributed by atoms with Crippen molar-refractivity contribution < 1.29 is 9.41 Å². The number of anilines is 2. The third-order valence-electron chi connectivity index (χ3n) is 5.78. The number of benzene rings is 2. The second-order valence-electron chi connectivity index (χ2n) is 8.77. The van der Waals surface area contributed by atoms with Crippen LogP contribution in [0.25, 0.3) is 6.08 Å². The van der Waals surface area contributed by atoms with Gasteiger partial charge in [0, 0.05) is 64.9 Å². The van der Waals surface area contributed by atoms with Crippen molar-refractivity contribution in [3.8, 4) is 0 Å². The van der Waals surface area contributed by atoms with E-state index in [-0.39, 0.29) is 0 Å². The minimum absolute atomic E-state index is 0.744. The molecule has 1 aliphatic rings. The first-order valence-corrected chi connectivity index (χ1v) is 11.8. The summed E-state index contributed by atoms with van der Waals surface area (Å²) >= 11 is 0. The third-order valence-corrected chi connectivity index (χ3v) is 5.78. The van der Waals surface area contributed by atoms with Gasteiger partial charge in [-0.3, -0.25) is 0 Å². The lowest BCUT2D eigenvalue weighted by atomic mass is 10.2. The zero-order chi connectivity index (χ0) is 24.6. The molecular formula is C27H34N7O+. The molecule has 0 unspecified atom stereocenters. The van der Waals surface area contributed by atoms with Crippen LogP contribution in [0, 0.1) is 0 Å². The van der Waals surface area contributed by atoms with Gasteiger partial charge in [0.15, 0.2) is 12.4 Å². The molecule has 0 radical (unpaired) electrons. The molecule has 1 aromatic heterocycles. The molecule has 3 aromatic rings. The molecule has 182 valence electrons. The highest BCUT2D eigenvalue weighted by molar-refractivity contribution is 5.80. The second kappa shape index (κ2) is 11.5. The quantitative estimate of drug-likeness (QED) is 0.374. The van der Waals surface area contributed by atoms with E-state index in [9.17, 15) is 0 Å². The molecule has 2 aromatic carbocycles. The largest absolute Gasteiger partial charge is 0.378 e. The number of morpholine rings is 1. The van der Waals surface area contributed by atoms with Gasteiger partial charge in [-0.05, 0) is 35.4 Å². The molecule has 0 bridgehead atoms. The van der Waals surface area contributed by atoms with Crippen molar-refractivity contribution in [3.63, 3.8) is 0 Å². The molecule has 0 spiro atoms. The van der Waals surface area contributed by atoms with Crippen molar-refractivity contribution in [2.45, 2.75) is 0 Å². The summed E-state index contributed by atoms with van der Waals surface area (Å²) in [5.41, 5.74) is 4.37. The molecule has 1 fully saturated rings. The first kappa shape index (κ1) is 24.2. The minimum atomic E-state index is 0.744. The van der Waals surface area contributed by atoms with Gasteiger partial charge >= 0.3 is 5.82 Å². The number of imidazole rings is 1. The van der Waals surface area contributed by atoms with Gasteiger partial charge in [-0.15, -0.1) is 0 Å². The van der Waals surface area contributed by atoms with E-state index in [1.54, 1.807) is 0 Å². The van der Waals surface area contributed by atoms with Crippen LogP contribution in [-0.4, -0.2) is 76.5 Å². The maximum atomic E-state index is 5.47. The molecule has 1 saturated heterocycles. The second-order valence-corrected chi connectivity index (χ2v) is 8.77. The van der Waals surface area contributed by atoms with E-state index in [0.29, 0.717) is 0 Å². The molecule has 0 amide bonds. The van der Waals surface area contributed by atoms with E-state index in [2.05, 4.69) is 69.4 Å². The maximum absolute atomic E-state index is 5.47. The first-order chi connectivity index (χ1) is 17.0. The summed E-state index contributed by atoms with van der Waals surface area (Å²) in [5.74, 6) is 0.846. The topological polar surface area (TPSA) is 52.5 Å². The average Bonchev–Trinajstić information content (AvgIpc) is 3.27. The van der Waals surface area contributed by atoms with E-state index in [1.807, 2.05) is 68.4 Å². The van der Waals surface area contributed by atoms with Gasteiger partial charge < -0.3 is 19.4 Å². The number of ether oxygens (including phenoxy) is 1. The van der Waals surface area contributed by atoms with Crippen LogP contribution in [0.2, 0.25) is 0 Å². The molecule has 1 aliphatic heterocycles. The van der Waals surface area contributed by atoms with Crippen LogP contribution < -0.4 is 14.5 Å². The summed E-state index contributed by atoms with van der Waals surface area (Å²) in [4.78, 5) is 6.41. The fourth-order valence-electron chi connectivity index (χ4n) is 3.61. The summed E-state index contributed by atoms with van der Waals surface area (Å²) < 4.78 is 9.14. The van der Waals surface area contributed by atoms with Crippen molar-refractivity contribution in [2.75, 3.05) is 64.3 Å². The van der Waals surface area contributed by atoms with Gasteiger partial charge in [0.25, 0.3) is 0 Å². The predicted molar refractivity (Wildman–Crippen MR) is 144 cm³/mol. The molecule has 4 rings (SSSR count). The zero-order valence-electron chi connectivity index (χ0n) is 21.0. The van der Waals surface area contributed by atoms with Gasteiger partial charge in [0.2, 0.25) is 0 Å². The molecule has 0 N–H and O–H groups in total. The highest BCUT2D eigenvalue weighted by Gasteiger charge is 2.15. The van der Waals surface area contributed by atoms with E-state index in [4.69, 9.17) is 14.9 Å². The van der Waals surface area contributed by atoms with Gasteiger partial charge in [-0.1, -0.05) is 43.8 Å².